The van der Waals surface area contributed by atoms with E-state index >= 15 is 0 Å². The van der Waals surface area contributed by atoms with Crippen LogP contribution in [0, 0.1) is 6.92 Å². The fraction of sp³-hybridized carbons (Fsp3) is 0.400. The van der Waals surface area contributed by atoms with E-state index in [1.165, 1.54) is 10.4 Å². The number of aromatic nitrogens is 1. The Labute approximate surface area is 127 Å². The second kappa shape index (κ2) is 5.73. The van der Waals surface area contributed by atoms with Crippen molar-refractivity contribution < 1.29 is 0 Å². The van der Waals surface area contributed by atoms with E-state index in [9.17, 15) is 0 Å². The van der Waals surface area contributed by atoms with Gasteiger partial charge in [0.05, 0.1) is 10.6 Å². The molecule has 0 atom stereocenters. The third-order valence-electron chi connectivity index (χ3n) is 2.72. The van der Waals surface area contributed by atoms with Crippen molar-refractivity contribution in [1.29, 1.82) is 0 Å². The minimum absolute atomic E-state index is 0.122. The summed E-state index contributed by atoms with van der Waals surface area (Å²) in [5, 5.41) is 4.62. The fourth-order valence-electron chi connectivity index (χ4n) is 1.74. The van der Waals surface area contributed by atoms with E-state index in [1.54, 1.807) is 11.3 Å². The van der Waals surface area contributed by atoms with Gasteiger partial charge in [-0.25, -0.2) is 4.98 Å². The molecule has 0 bridgehead atoms. The predicted molar refractivity (Wildman–Crippen MR) is 86.6 cm³/mol. The van der Waals surface area contributed by atoms with E-state index in [0.717, 1.165) is 21.7 Å². The number of thiazole rings is 1. The quantitative estimate of drug-likeness (QED) is 0.871. The maximum Gasteiger partial charge on any atom is 0.107 e. The Balaban J connectivity index is 2.19. The SMILES string of the molecule is Cc1nc(CNC(C)(C)C)sc1-c1ccc(Br)cc1. The Kier molecular flexibility index (Phi) is 4.43. The molecular formula is C15H19BrN2S. The van der Waals surface area contributed by atoms with E-state index in [4.69, 9.17) is 0 Å². The normalized spacial score (nSPS) is 11.8. The molecule has 0 saturated carbocycles. The van der Waals surface area contributed by atoms with Crippen molar-refractivity contribution in [2.75, 3.05) is 0 Å². The molecule has 0 amide bonds. The molecule has 0 spiro atoms. The first kappa shape index (κ1) is 14.7. The van der Waals surface area contributed by atoms with Gasteiger partial charge in [0.25, 0.3) is 0 Å². The van der Waals surface area contributed by atoms with Gasteiger partial charge in [0.15, 0.2) is 0 Å². The van der Waals surface area contributed by atoms with Crippen molar-refractivity contribution in [3.05, 3.63) is 39.4 Å². The molecule has 0 radical (unpaired) electrons. The number of benzene rings is 1. The molecule has 1 aromatic heterocycles. The average molecular weight is 339 g/mol. The lowest BCUT2D eigenvalue weighted by molar-refractivity contribution is 0.423. The van der Waals surface area contributed by atoms with E-state index in [1.807, 2.05) is 0 Å². The maximum atomic E-state index is 4.66. The van der Waals surface area contributed by atoms with E-state index in [2.05, 4.69) is 78.2 Å². The van der Waals surface area contributed by atoms with Crippen molar-refractivity contribution >= 4 is 27.3 Å². The molecular weight excluding hydrogens is 320 g/mol. The standard InChI is InChI=1S/C15H19BrN2S/c1-10-14(11-5-7-12(16)8-6-11)19-13(18-10)9-17-15(2,3)4/h5-8,17H,9H2,1-4H3. The first-order valence-corrected chi connectivity index (χ1v) is 7.93. The fourth-order valence-corrected chi connectivity index (χ4v) is 3.01. The van der Waals surface area contributed by atoms with E-state index < -0.39 is 0 Å². The lowest BCUT2D eigenvalue weighted by Gasteiger charge is -2.19. The number of aryl methyl sites for hydroxylation is 1. The predicted octanol–water partition coefficient (Wildman–Crippen LogP) is 4.77. The molecule has 0 unspecified atom stereocenters. The molecule has 19 heavy (non-hydrogen) atoms. The van der Waals surface area contributed by atoms with E-state index in [-0.39, 0.29) is 5.54 Å². The molecule has 4 heteroatoms. The Morgan fingerprint density at radius 2 is 1.84 bits per heavy atom. The van der Waals surface area contributed by atoms with Crippen LogP contribution in [0.4, 0.5) is 0 Å². The highest BCUT2D eigenvalue weighted by Gasteiger charge is 2.13. The van der Waals surface area contributed by atoms with Gasteiger partial charge in [-0.15, -0.1) is 11.3 Å². The van der Waals surface area contributed by atoms with Gasteiger partial charge >= 0.3 is 0 Å². The summed E-state index contributed by atoms with van der Waals surface area (Å²) >= 11 is 5.24. The summed E-state index contributed by atoms with van der Waals surface area (Å²) in [7, 11) is 0. The molecule has 2 nitrogen and oxygen atoms in total. The molecule has 102 valence electrons. The van der Waals surface area contributed by atoms with Crippen LogP contribution in [0.3, 0.4) is 0 Å². The van der Waals surface area contributed by atoms with Crippen LogP contribution in [0.25, 0.3) is 10.4 Å². The smallest absolute Gasteiger partial charge is 0.107 e. The van der Waals surface area contributed by atoms with Crippen LogP contribution in [0.15, 0.2) is 28.7 Å². The summed E-state index contributed by atoms with van der Waals surface area (Å²) < 4.78 is 1.10. The van der Waals surface area contributed by atoms with Gasteiger partial charge in [0, 0.05) is 16.6 Å². The molecule has 0 aliphatic carbocycles. The summed E-state index contributed by atoms with van der Waals surface area (Å²) in [5.41, 5.74) is 2.47. The third kappa shape index (κ3) is 4.13. The van der Waals surface area contributed by atoms with Crippen molar-refractivity contribution in [3.8, 4) is 10.4 Å². The number of rotatable bonds is 3. The van der Waals surface area contributed by atoms with Crippen LogP contribution < -0.4 is 5.32 Å². The van der Waals surface area contributed by atoms with E-state index in [0.29, 0.717) is 0 Å². The van der Waals surface area contributed by atoms with Gasteiger partial charge in [0.1, 0.15) is 5.01 Å². The van der Waals surface area contributed by atoms with Gasteiger partial charge in [-0.3, -0.25) is 0 Å². The third-order valence-corrected chi connectivity index (χ3v) is 4.45. The second-order valence-electron chi connectivity index (χ2n) is 5.63. The number of nitrogens with zero attached hydrogens (tertiary/aromatic N) is 1. The van der Waals surface area contributed by atoms with Gasteiger partial charge < -0.3 is 5.32 Å². The van der Waals surface area contributed by atoms with Crippen molar-refractivity contribution in [2.45, 2.75) is 39.8 Å². The zero-order valence-electron chi connectivity index (χ0n) is 11.7. The molecule has 2 rings (SSSR count). The zero-order valence-corrected chi connectivity index (χ0v) is 14.2. The van der Waals surface area contributed by atoms with Gasteiger partial charge in [-0.1, -0.05) is 28.1 Å². The number of halogens is 1. The van der Waals surface area contributed by atoms with Gasteiger partial charge in [0.2, 0.25) is 0 Å². The Bertz CT molecular complexity index is 553. The van der Waals surface area contributed by atoms with Crippen LogP contribution >= 0.6 is 27.3 Å². The van der Waals surface area contributed by atoms with Gasteiger partial charge in [-0.2, -0.15) is 0 Å². The molecule has 2 aromatic rings. The Hall–Kier alpha value is -0.710. The van der Waals surface area contributed by atoms with Crippen molar-refractivity contribution in [3.63, 3.8) is 0 Å². The minimum atomic E-state index is 0.122. The molecule has 0 fully saturated rings. The van der Waals surface area contributed by atoms with Crippen molar-refractivity contribution in [1.82, 2.24) is 10.3 Å². The number of hydrogen-bond acceptors (Lipinski definition) is 3. The molecule has 1 aromatic carbocycles. The summed E-state index contributed by atoms with van der Waals surface area (Å²) in [6, 6.07) is 8.40. The Morgan fingerprint density at radius 3 is 2.42 bits per heavy atom. The first-order chi connectivity index (χ1) is 8.85. The summed E-state index contributed by atoms with van der Waals surface area (Å²) in [4.78, 5) is 5.92. The zero-order chi connectivity index (χ0) is 14.0. The number of hydrogen-bond donors (Lipinski definition) is 1. The maximum absolute atomic E-state index is 4.66. The topological polar surface area (TPSA) is 24.9 Å². The highest BCUT2D eigenvalue weighted by molar-refractivity contribution is 9.10. The average Bonchev–Trinajstić information content (AvgIpc) is 2.68. The van der Waals surface area contributed by atoms with Crippen LogP contribution in [0.2, 0.25) is 0 Å². The summed E-state index contributed by atoms with van der Waals surface area (Å²) in [6.07, 6.45) is 0. The second-order valence-corrected chi connectivity index (χ2v) is 7.63. The van der Waals surface area contributed by atoms with Gasteiger partial charge in [-0.05, 0) is 45.4 Å². The lowest BCUT2D eigenvalue weighted by Crippen LogP contribution is -2.35. The van der Waals surface area contributed by atoms with Crippen molar-refractivity contribution in [2.24, 2.45) is 0 Å². The number of nitrogens with one attached hydrogen (secondary N) is 1. The summed E-state index contributed by atoms with van der Waals surface area (Å²) in [5.74, 6) is 0. The highest BCUT2D eigenvalue weighted by Crippen LogP contribution is 2.30. The lowest BCUT2D eigenvalue weighted by atomic mass is 10.1. The monoisotopic (exact) mass is 338 g/mol. The molecule has 0 aliphatic heterocycles. The van der Waals surface area contributed by atoms with Crippen LogP contribution in [-0.2, 0) is 6.54 Å². The highest BCUT2D eigenvalue weighted by atomic mass is 79.9. The molecule has 1 heterocycles. The summed E-state index contributed by atoms with van der Waals surface area (Å²) in [6.45, 7) is 9.41. The van der Waals surface area contributed by atoms with Crippen LogP contribution in [-0.4, -0.2) is 10.5 Å². The molecule has 1 N–H and O–H groups in total. The molecule has 0 saturated heterocycles. The Morgan fingerprint density at radius 1 is 1.21 bits per heavy atom. The minimum Gasteiger partial charge on any atom is -0.306 e. The molecule has 0 aliphatic rings. The van der Waals surface area contributed by atoms with Crippen LogP contribution in [0.5, 0.6) is 0 Å². The largest absolute Gasteiger partial charge is 0.306 e. The first-order valence-electron chi connectivity index (χ1n) is 6.32. The van der Waals surface area contributed by atoms with Crippen LogP contribution in [0.1, 0.15) is 31.5 Å².